The van der Waals surface area contributed by atoms with Crippen molar-refractivity contribution in [2.24, 2.45) is 5.92 Å². The summed E-state index contributed by atoms with van der Waals surface area (Å²) in [5, 5.41) is 8.87. The van der Waals surface area contributed by atoms with Gasteiger partial charge in [0, 0.05) is 0 Å². The van der Waals surface area contributed by atoms with Gasteiger partial charge in [0.15, 0.2) is 5.92 Å². The van der Waals surface area contributed by atoms with Crippen LogP contribution in [-0.4, -0.2) is 23.7 Å². The molecule has 4 heteroatoms. The normalized spacial score (nSPS) is 12.1. The van der Waals surface area contributed by atoms with E-state index in [1.54, 1.807) is 0 Å². The maximum Gasteiger partial charge on any atom is 0.320 e. The second-order valence-corrected chi connectivity index (χ2v) is 3.91. The van der Waals surface area contributed by atoms with E-state index >= 15 is 0 Å². The number of unbranched alkanes of at least 4 members (excludes halogenated alkanes) is 3. The monoisotopic (exact) mass is 230 g/mol. The quantitative estimate of drug-likeness (QED) is 0.375. The van der Waals surface area contributed by atoms with Gasteiger partial charge in [-0.1, -0.05) is 39.5 Å². The SMILES string of the molecule is CCCCCOC(=O)C(CCCC)C(=O)O. The third kappa shape index (κ3) is 6.43. The summed E-state index contributed by atoms with van der Waals surface area (Å²) in [4.78, 5) is 22.3. The molecule has 0 aliphatic heterocycles. The van der Waals surface area contributed by atoms with Crippen molar-refractivity contribution in [2.45, 2.75) is 52.4 Å². The fourth-order valence-corrected chi connectivity index (χ4v) is 1.38. The van der Waals surface area contributed by atoms with Crippen molar-refractivity contribution in [3.8, 4) is 0 Å². The zero-order valence-electron chi connectivity index (χ0n) is 10.2. The second-order valence-electron chi connectivity index (χ2n) is 3.91. The van der Waals surface area contributed by atoms with Crippen molar-refractivity contribution in [1.29, 1.82) is 0 Å². The molecule has 0 saturated heterocycles. The topological polar surface area (TPSA) is 63.6 Å². The van der Waals surface area contributed by atoms with E-state index in [1.165, 1.54) is 0 Å². The van der Waals surface area contributed by atoms with E-state index in [0.29, 0.717) is 13.0 Å². The highest BCUT2D eigenvalue weighted by molar-refractivity contribution is 5.93. The first-order valence-electron chi connectivity index (χ1n) is 6.02. The molecule has 0 heterocycles. The Kier molecular flexibility index (Phi) is 8.58. The van der Waals surface area contributed by atoms with Gasteiger partial charge >= 0.3 is 11.9 Å². The molecular formula is C12H22O4. The molecule has 0 rings (SSSR count). The molecule has 0 radical (unpaired) electrons. The van der Waals surface area contributed by atoms with Crippen molar-refractivity contribution >= 4 is 11.9 Å². The maximum absolute atomic E-state index is 11.5. The Labute approximate surface area is 97.0 Å². The minimum atomic E-state index is -1.08. The smallest absolute Gasteiger partial charge is 0.320 e. The number of hydrogen-bond donors (Lipinski definition) is 1. The number of ether oxygens (including phenoxy) is 1. The summed E-state index contributed by atoms with van der Waals surface area (Å²) in [7, 11) is 0. The van der Waals surface area contributed by atoms with Crippen molar-refractivity contribution in [1.82, 2.24) is 0 Å². The first-order valence-corrected chi connectivity index (χ1v) is 6.02. The highest BCUT2D eigenvalue weighted by Crippen LogP contribution is 2.11. The summed E-state index contributed by atoms with van der Waals surface area (Å²) < 4.78 is 4.94. The number of esters is 1. The number of carboxylic acid groups (broad SMARTS) is 1. The Bertz CT molecular complexity index is 213. The predicted octanol–water partition coefficient (Wildman–Crippen LogP) is 2.61. The van der Waals surface area contributed by atoms with Crippen LogP contribution < -0.4 is 0 Å². The summed E-state index contributed by atoms with van der Waals surface area (Å²) in [5.74, 6) is -2.65. The number of hydrogen-bond acceptors (Lipinski definition) is 3. The standard InChI is InChI=1S/C12H22O4/c1-3-5-7-9-16-12(15)10(11(13)14)8-6-4-2/h10H,3-9H2,1-2H3,(H,13,14). The molecule has 0 aromatic heterocycles. The fraction of sp³-hybridized carbons (Fsp3) is 0.833. The van der Waals surface area contributed by atoms with Crippen LogP contribution in [0.4, 0.5) is 0 Å². The first kappa shape index (κ1) is 14.9. The van der Waals surface area contributed by atoms with Gasteiger partial charge in [-0.05, 0) is 12.8 Å². The van der Waals surface area contributed by atoms with Gasteiger partial charge in [0.1, 0.15) is 0 Å². The largest absolute Gasteiger partial charge is 0.481 e. The predicted molar refractivity (Wildman–Crippen MR) is 61.1 cm³/mol. The molecule has 0 aliphatic rings. The molecule has 0 spiro atoms. The Morgan fingerprint density at radius 2 is 1.75 bits per heavy atom. The Morgan fingerprint density at radius 3 is 2.25 bits per heavy atom. The number of carbonyl (C=O) groups excluding carboxylic acids is 1. The summed E-state index contributed by atoms with van der Waals surface area (Å²) in [6.07, 6.45) is 4.85. The maximum atomic E-state index is 11.5. The average Bonchev–Trinajstić information content (AvgIpc) is 2.24. The molecule has 0 aromatic carbocycles. The van der Waals surface area contributed by atoms with Crippen molar-refractivity contribution < 1.29 is 19.4 Å². The molecule has 0 saturated carbocycles. The first-order chi connectivity index (χ1) is 7.63. The summed E-state index contributed by atoms with van der Waals surface area (Å²) in [6, 6.07) is 0. The molecule has 1 atom stereocenters. The van der Waals surface area contributed by atoms with E-state index < -0.39 is 17.9 Å². The van der Waals surface area contributed by atoms with Gasteiger partial charge in [-0.3, -0.25) is 9.59 Å². The zero-order chi connectivity index (χ0) is 12.4. The van der Waals surface area contributed by atoms with Gasteiger partial charge in [0.05, 0.1) is 6.61 Å². The van der Waals surface area contributed by atoms with E-state index in [9.17, 15) is 9.59 Å². The molecular weight excluding hydrogens is 208 g/mol. The van der Waals surface area contributed by atoms with Gasteiger partial charge in [0.25, 0.3) is 0 Å². The lowest BCUT2D eigenvalue weighted by Gasteiger charge is -2.11. The molecule has 1 unspecified atom stereocenters. The minimum absolute atomic E-state index is 0.336. The average molecular weight is 230 g/mol. The number of aliphatic carboxylic acids is 1. The molecule has 16 heavy (non-hydrogen) atoms. The Morgan fingerprint density at radius 1 is 1.12 bits per heavy atom. The van der Waals surface area contributed by atoms with Crippen molar-refractivity contribution in [2.75, 3.05) is 6.61 Å². The lowest BCUT2D eigenvalue weighted by atomic mass is 10.0. The van der Waals surface area contributed by atoms with Crippen LogP contribution in [0.3, 0.4) is 0 Å². The van der Waals surface area contributed by atoms with Crippen molar-refractivity contribution in [3.05, 3.63) is 0 Å². The van der Waals surface area contributed by atoms with E-state index in [0.717, 1.165) is 32.1 Å². The van der Waals surface area contributed by atoms with E-state index in [4.69, 9.17) is 9.84 Å². The van der Waals surface area contributed by atoms with Crippen LogP contribution in [0.2, 0.25) is 0 Å². The van der Waals surface area contributed by atoms with Crippen LogP contribution in [0.5, 0.6) is 0 Å². The molecule has 0 aliphatic carbocycles. The van der Waals surface area contributed by atoms with E-state index in [-0.39, 0.29) is 0 Å². The number of carboxylic acids is 1. The van der Waals surface area contributed by atoms with Crippen LogP contribution in [0.1, 0.15) is 52.4 Å². The van der Waals surface area contributed by atoms with Crippen LogP contribution in [0, 0.1) is 5.92 Å². The lowest BCUT2D eigenvalue weighted by Crippen LogP contribution is -2.26. The van der Waals surface area contributed by atoms with Gasteiger partial charge in [0.2, 0.25) is 0 Å². The highest BCUT2D eigenvalue weighted by Gasteiger charge is 2.26. The minimum Gasteiger partial charge on any atom is -0.481 e. The van der Waals surface area contributed by atoms with Crippen LogP contribution in [0.15, 0.2) is 0 Å². The van der Waals surface area contributed by atoms with Crippen LogP contribution in [-0.2, 0) is 14.3 Å². The van der Waals surface area contributed by atoms with Crippen LogP contribution in [0.25, 0.3) is 0 Å². The molecule has 0 bridgehead atoms. The van der Waals surface area contributed by atoms with Gasteiger partial charge in [-0.2, -0.15) is 0 Å². The van der Waals surface area contributed by atoms with Gasteiger partial charge in [-0.15, -0.1) is 0 Å². The molecule has 94 valence electrons. The third-order valence-corrected chi connectivity index (χ3v) is 2.42. The fourth-order valence-electron chi connectivity index (χ4n) is 1.38. The summed E-state index contributed by atoms with van der Waals surface area (Å²) in [5.41, 5.74) is 0. The Balaban J connectivity index is 3.92. The lowest BCUT2D eigenvalue weighted by molar-refractivity contribution is -0.159. The van der Waals surface area contributed by atoms with E-state index in [2.05, 4.69) is 6.92 Å². The highest BCUT2D eigenvalue weighted by atomic mass is 16.5. The molecule has 0 aromatic rings. The summed E-state index contributed by atoms with van der Waals surface area (Å²) in [6.45, 7) is 4.36. The van der Waals surface area contributed by atoms with Crippen LogP contribution >= 0.6 is 0 Å². The van der Waals surface area contributed by atoms with E-state index in [1.807, 2.05) is 6.92 Å². The molecule has 1 N–H and O–H groups in total. The van der Waals surface area contributed by atoms with Crippen molar-refractivity contribution in [3.63, 3.8) is 0 Å². The van der Waals surface area contributed by atoms with Gasteiger partial charge in [-0.25, -0.2) is 0 Å². The second kappa shape index (κ2) is 9.19. The third-order valence-electron chi connectivity index (χ3n) is 2.42. The number of carbonyl (C=O) groups is 2. The number of rotatable bonds is 9. The molecule has 4 nitrogen and oxygen atoms in total. The van der Waals surface area contributed by atoms with Gasteiger partial charge < -0.3 is 9.84 Å². The zero-order valence-corrected chi connectivity index (χ0v) is 10.2. The summed E-state index contributed by atoms with van der Waals surface area (Å²) >= 11 is 0. The molecule has 0 fully saturated rings. The molecule has 0 amide bonds. The Hall–Kier alpha value is -1.06.